The summed E-state index contributed by atoms with van der Waals surface area (Å²) in [4.78, 5) is 0. The van der Waals surface area contributed by atoms with Crippen molar-refractivity contribution in [2.75, 3.05) is 46.5 Å². The molecule has 0 aromatic heterocycles. The van der Waals surface area contributed by atoms with Crippen LogP contribution < -0.4 is 17.0 Å². The number of aliphatic hydroxyl groups is 1. The van der Waals surface area contributed by atoms with Gasteiger partial charge < -0.3 is 31.3 Å². The van der Waals surface area contributed by atoms with Crippen molar-refractivity contribution in [3.63, 3.8) is 0 Å². The molecule has 3 nitrogen and oxygen atoms in total. The fourth-order valence-corrected chi connectivity index (χ4v) is 1.25. The topological polar surface area (TPSA) is 29.5 Å². The van der Waals surface area contributed by atoms with Crippen LogP contribution in [0.4, 0.5) is 0 Å². The van der Waals surface area contributed by atoms with E-state index in [1.54, 1.807) is 0 Å². The van der Waals surface area contributed by atoms with E-state index >= 15 is 0 Å². The Labute approximate surface area is 78.3 Å². The highest BCUT2D eigenvalue weighted by Gasteiger charge is 2.23. The molecule has 1 aliphatic rings. The Morgan fingerprint density at radius 3 is 2.36 bits per heavy atom. The van der Waals surface area contributed by atoms with Gasteiger partial charge in [0.15, 0.2) is 0 Å². The number of morpholine rings is 1. The smallest absolute Gasteiger partial charge is 0.102 e. The quantitative estimate of drug-likeness (QED) is 0.494. The van der Waals surface area contributed by atoms with Crippen molar-refractivity contribution in [3.8, 4) is 0 Å². The molecule has 68 valence electrons. The van der Waals surface area contributed by atoms with E-state index < -0.39 is 0 Å². The van der Waals surface area contributed by atoms with E-state index in [0.717, 1.165) is 37.3 Å². The van der Waals surface area contributed by atoms with Crippen LogP contribution in [-0.4, -0.2) is 56.1 Å². The molecule has 11 heavy (non-hydrogen) atoms. The molecule has 1 saturated heterocycles. The summed E-state index contributed by atoms with van der Waals surface area (Å²) >= 11 is 0. The molecule has 4 heteroatoms. The fraction of sp³-hybridized carbons (Fsp3) is 1.00. The second kappa shape index (κ2) is 5.09. The summed E-state index contributed by atoms with van der Waals surface area (Å²) in [7, 11) is 2.17. The molecule has 1 fully saturated rings. The second-order valence-corrected chi connectivity index (χ2v) is 3.13. The van der Waals surface area contributed by atoms with E-state index in [0.29, 0.717) is 0 Å². The van der Waals surface area contributed by atoms with Crippen LogP contribution in [0, 0.1) is 0 Å². The maximum atomic E-state index is 8.73. The van der Waals surface area contributed by atoms with Gasteiger partial charge in [-0.3, -0.25) is 0 Å². The van der Waals surface area contributed by atoms with Gasteiger partial charge in [-0.15, -0.1) is 0 Å². The van der Waals surface area contributed by atoms with Crippen molar-refractivity contribution in [1.29, 1.82) is 0 Å². The zero-order valence-corrected chi connectivity index (χ0v) is 8.51. The molecule has 0 saturated carbocycles. The standard InChI is InChI=1S/C7H16NO2.BrH/c1-8(2-5-9)3-6-10-7-4-8;/h9H,2-7H2,1H3;1H/q+1;/p-1. The highest BCUT2D eigenvalue weighted by atomic mass is 79.9. The summed E-state index contributed by atoms with van der Waals surface area (Å²) in [5.41, 5.74) is 0. The van der Waals surface area contributed by atoms with Gasteiger partial charge in [0.1, 0.15) is 19.6 Å². The molecule has 1 rings (SSSR count). The Balaban J connectivity index is 0.000001000. The van der Waals surface area contributed by atoms with Crippen molar-refractivity contribution in [3.05, 3.63) is 0 Å². The third-order valence-electron chi connectivity index (χ3n) is 2.19. The number of halogens is 1. The Hall–Kier alpha value is 0.360. The van der Waals surface area contributed by atoms with E-state index in [1.165, 1.54) is 0 Å². The molecule has 0 amide bonds. The van der Waals surface area contributed by atoms with Gasteiger partial charge in [-0.05, 0) is 0 Å². The first kappa shape index (κ1) is 11.4. The lowest BCUT2D eigenvalue weighted by Crippen LogP contribution is -3.00. The van der Waals surface area contributed by atoms with Crippen LogP contribution in [0.2, 0.25) is 0 Å². The van der Waals surface area contributed by atoms with E-state index in [2.05, 4.69) is 7.05 Å². The lowest BCUT2D eigenvalue weighted by molar-refractivity contribution is -0.917. The number of ether oxygens (including phenoxy) is 1. The number of quaternary nitrogens is 1. The summed E-state index contributed by atoms with van der Waals surface area (Å²) < 4.78 is 6.18. The lowest BCUT2D eigenvalue weighted by atomic mass is 10.3. The molecule has 0 aromatic rings. The Kier molecular flexibility index (Phi) is 5.25. The summed E-state index contributed by atoms with van der Waals surface area (Å²) in [5.74, 6) is 0. The zero-order valence-electron chi connectivity index (χ0n) is 6.92. The highest BCUT2D eigenvalue weighted by molar-refractivity contribution is 4.45. The van der Waals surface area contributed by atoms with Crippen molar-refractivity contribution in [2.24, 2.45) is 0 Å². The number of rotatable bonds is 2. The van der Waals surface area contributed by atoms with Crippen molar-refractivity contribution in [1.82, 2.24) is 0 Å². The summed E-state index contributed by atoms with van der Waals surface area (Å²) in [5, 5.41) is 8.73. The van der Waals surface area contributed by atoms with Gasteiger partial charge in [-0.1, -0.05) is 0 Å². The third kappa shape index (κ3) is 3.51. The minimum Gasteiger partial charge on any atom is -1.00 e. The Bertz CT molecular complexity index is 99.1. The van der Waals surface area contributed by atoms with Gasteiger partial charge in [0.05, 0.1) is 26.9 Å². The van der Waals surface area contributed by atoms with Gasteiger partial charge in [-0.25, -0.2) is 0 Å². The highest BCUT2D eigenvalue weighted by Crippen LogP contribution is 2.05. The SMILES string of the molecule is C[N+]1(CCO)CCOCC1.[Br-]. The fourth-order valence-electron chi connectivity index (χ4n) is 1.25. The first-order valence-corrected chi connectivity index (χ1v) is 3.79. The van der Waals surface area contributed by atoms with E-state index in [9.17, 15) is 0 Å². The molecule has 0 spiro atoms. The minimum absolute atomic E-state index is 0. The molecule has 1 aliphatic heterocycles. The van der Waals surface area contributed by atoms with Crippen molar-refractivity contribution >= 4 is 0 Å². The first-order chi connectivity index (χ1) is 4.77. The molecule has 1 N–H and O–H groups in total. The normalized spacial score (nSPS) is 22.4. The van der Waals surface area contributed by atoms with Gasteiger partial charge in [-0.2, -0.15) is 0 Å². The average Bonchev–Trinajstić information content (AvgIpc) is 1.89. The van der Waals surface area contributed by atoms with Crippen LogP contribution in [0.25, 0.3) is 0 Å². The second-order valence-electron chi connectivity index (χ2n) is 3.13. The first-order valence-electron chi connectivity index (χ1n) is 3.79. The molecule has 0 aliphatic carbocycles. The summed E-state index contributed by atoms with van der Waals surface area (Å²) in [6.07, 6.45) is 0. The van der Waals surface area contributed by atoms with E-state index in [4.69, 9.17) is 9.84 Å². The van der Waals surface area contributed by atoms with E-state index in [-0.39, 0.29) is 23.6 Å². The predicted octanol–water partition coefficient (Wildman–Crippen LogP) is -3.54. The molecule has 0 atom stereocenters. The van der Waals surface area contributed by atoms with Crippen LogP contribution in [-0.2, 0) is 4.74 Å². The van der Waals surface area contributed by atoms with E-state index in [1.807, 2.05) is 0 Å². The lowest BCUT2D eigenvalue weighted by Gasteiger charge is -2.36. The van der Waals surface area contributed by atoms with Crippen LogP contribution in [0.15, 0.2) is 0 Å². The van der Waals surface area contributed by atoms with Crippen LogP contribution in [0.1, 0.15) is 0 Å². The maximum Gasteiger partial charge on any atom is 0.102 e. The summed E-state index contributed by atoms with van der Waals surface area (Å²) in [6.45, 7) is 4.92. The number of hydrogen-bond donors (Lipinski definition) is 1. The monoisotopic (exact) mass is 225 g/mol. The zero-order chi connectivity index (χ0) is 7.45. The molecular formula is C7H16BrNO2. The minimum atomic E-state index is 0. The largest absolute Gasteiger partial charge is 1.00 e. The summed E-state index contributed by atoms with van der Waals surface area (Å²) in [6, 6.07) is 0. The molecule has 0 aromatic carbocycles. The predicted molar refractivity (Wildman–Crippen MR) is 38.7 cm³/mol. The molecule has 0 bridgehead atoms. The van der Waals surface area contributed by atoms with Gasteiger partial charge in [0, 0.05) is 0 Å². The van der Waals surface area contributed by atoms with Gasteiger partial charge in [0.2, 0.25) is 0 Å². The number of likely N-dealkylation sites (N-methyl/N-ethyl adjacent to an activating group) is 1. The van der Waals surface area contributed by atoms with Crippen molar-refractivity contribution in [2.45, 2.75) is 0 Å². The van der Waals surface area contributed by atoms with Crippen molar-refractivity contribution < 1.29 is 31.3 Å². The average molecular weight is 226 g/mol. The maximum absolute atomic E-state index is 8.73. The molecule has 0 unspecified atom stereocenters. The molecule has 0 radical (unpaired) electrons. The Morgan fingerprint density at radius 2 is 1.91 bits per heavy atom. The number of nitrogens with zero attached hydrogens (tertiary/aromatic N) is 1. The molecular weight excluding hydrogens is 210 g/mol. The number of hydrogen-bond acceptors (Lipinski definition) is 2. The molecule has 1 heterocycles. The Morgan fingerprint density at radius 1 is 1.36 bits per heavy atom. The third-order valence-corrected chi connectivity index (χ3v) is 2.19. The number of aliphatic hydroxyl groups excluding tert-OH is 1. The van der Waals surface area contributed by atoms with Crippen LogP contribution in [0.5, 0.6) is 0 Å². The van der Waals surface area contributed by atoms with Gasteiger partial charge >= 0.3 is 0 Å². The van der Waals surface area contributed by atoms with Gasteiger partial charge in [0.25, 0.3) is 0 Å². The van der Waals surface area contributed by atoms with Crippen LogP contribution in [0.3, 0.4) is 0 Å². The van der Waals surface area contributed by atoms with Crippen LogP contribution >= 0.6 is 0 Å².